The Morgan fingerprint density at radius 3 is 2.05 bits per heavy atom. The van der Waals surface area contributed by atoms with Crippen molar-refractivity contribution < 1.29 is 20.1 Å². The Hall–Kier alpha value is -0.160. The molecule has 3 unspecified atom stereocenters. The van der Waals surface area contributed by atoms with Crippen LogP contribution in [-0.4, -0.2) is 46.8 Å². The summed E-state index contributed by atoms with van der Waals surface area (Å²) < 4.78 is 5.53. The van der Waals surface area contributed by atoms with E-state index in [1.807, 2.05) is 6.92 Å². The van der Waals surface area contributed by atoms with Crippen LogP contribution in [0, 0.1) is 0 Å². The predicted molar refractivity (Wildman–Crippen MR) is 81.7 cm³/mol. The van der Waals surface area contributed by atoms with Crippen molar-refractivity contribution in [3.63, 3.8) is 0 Å². The molecule has 4 heteroatoms. The van der Waals surface area contributed by atoms with Gasteiger partial charge in [0.25, 0.3) is 0 Å². The summed E-state index contributed by atoms with van der Waals surface area (Å²) >= 11 is 0. The third-order valence-corrected chi connectivity index (χ3v) is 3.65. The largest absolute Gasteiger partial charge is 0.394 e. The van der Waals surface area contributed by atoms with Gasteiger partial charge in [0.15, 0.2) is 0 Å². The lowest BCUT2D eigenvalue weighted by Crippen LogP contribution is -2.32. The number of aliphatic hydroxyl groups is 3. The van der Waals surface area contributed by atoms with Gasteiger partial charge in [-0.15, -0.1) is 0 Å². The molecule has 0 aliphatic heterocycles. The second-order valence-electron chi connectivity index (χ2n) is 5.59. The van der Waals surface area contributed by atoms with Crippen LogP contribution in [0.5, 0.6) is 0 Å². The second kappa shape index (κ2) is 13.8. The minimum absolute atomic E-state index is 0.0920. The molecule has 20 heavy (non-hydrogen) atoms. The number of aliphatic hydroxyl groups excluding tert-OH is 3. The lowest BCUT2D eigenvalue weighted by atomic mass is 10.0. The molecule has 0 aliphatic rings. The molecule has 0 spiro atoms. The summed E-state index contributed by atoms with van der Waals surface area (Å²) in [6.07, 6.45) is 8.56. The summed E-state index contributed by atoms with van der Waals surface area (Å²) in [5.74, 6) is 0. The van der Waals surface area contributed by atoms with E-state index in [4.69, 9.17) is 9.84 Å². The zero-order valence-electron chi connectivity index (χ0n) is 13.3. The summed E-state index contributed by atoms with van der Waals surface area (Å²) in [7, 11) is 0. The van der Waals surface area contributed by atoms with Crippen LogP contribution in [0.2, 0.25) is 0 Å². The Labute approximate surface area is 124 Å². The first kappa shape index (κ1) is 19.8. The van der Waals surface area contributed by atoms with Gasteiger partial charge in [0.05, 0.1) is 25.4 Å². The van der Waals surface area contributed by atoms with Crippen LogP contribution in [0.3, 0.4) is 0 Å². The molecule has 0 aliphatic carbocycles. The van der Waals surface area contributed by atoms with Crippen molar-refractivity contribution in [1.82, 2.24) is 0 Å². The van der Waals surface area contributed by atoms with Crippen molar-refractivity contribution in [3.05, 3.63) is 0 Å². The quantitative estimate of drug-likeness (QED) is 0.430. The first-order valence-electron chi connectivity index (χ1n) is 8.24. The molecule has 0 rings (SSSR count). The maximum absolute atomic E-state index is 9.91. The number of ether oxygens (including phenoxy) is 1. The highest BCUT2D eigenvalue weighted by Gasteiger charge is 2.19. The molecule has 0 bridgehead atoms. The Balaban J connectivity index is 3.75. The van der Waals surface area contributed by atoms with Crippen LogP contribution in [0.15, 0.2) is 0 Å². The molecule has 4 nitrogen and oxygen atoms in total. The first-order valence-corrected chi connectivity index (χ1v) is 8.24. The van der Waals surface area contributed by atoms with Crippen LogP contribution >= 0.6 is 0 Å². The highest BCUT2D eigenvalue weighted by atomic mass is 16.5. The molecule has 3 atom stereocenters. The smallest absolute Gasteiger partial charge is 0.100 e. The average Bonchev–Trinajstić information content (AvgIpc) is 2.48. The molecule has 0 saturated heterocycles. The van der Waals surface area contributed by atoms with Crippen LogP contribution < -0.4 is 0 Å². The van der Waals surface area contributed by atoms with E-state index < -0.39 is 12.2 Å². The van der Waals surface area contributed by atoms with E-state index in [2.05, 4.69) is 6.92 Å². The molecule has 0 aromatic heterocycles. The average molecular weight is 290 g/mol. The Kier molecular flexibility index (Phi) is 13.7. The normalized spacial score (nSPS) is 16.1. The number of rotatable bonds is 14. The standard InChI is InChI=1S/C16H34O4/c1-3-5-6-7-8-9-10-11-16(15(19)4-2)20-13-14(18)12-17/h14-19H,3-13H2,1-2H3. The first-order chi connectivity index (χ1) is 9.65. The van der Waals surface area contributed by atoms with Gasteiger partial charge >= 0.3 is 0 Å². The molecule has 0 aromatic carbocycles. The van der Waals surface area contributed by atoms with Gasteiger partial charge in [-0.05, 0) is 12.8 Å². The molecule has 0 aromatic rings. The van der Waals surface area contributed by atoms with Crippen molar-refractivity contribution in [1.29, 1.82) is 0 Å². The van der Waals surface area contributed by atoms with E-state index in [1.165, 1.54) is 38.5 Å². The molecule has 0 heterocycles. The minimum atomic E-state index is -0.851. The Bertz CT molecular complexity index is 199. The van der Waals surface area contributed by atoms with E-state index in [9.17, 15) is 10.2 Å². The molecule has 0 radical (unpaired) electrons. The fourth-order valence-corrected chi connectivity index (χ4v) is 2.24. The number of hydrogen-bond acceptors (Lipinski definition) is 4. The van der Waals surface area contributed by atoms with Gasteiger partial charge in [0, 0.05) is 0 Å². The van der Waals surface area contributed by atoms with Gasteiger partial charge in [-0.3, -0.25) is 0 Å². The van der Waals surface area contributed by atoms with Gasteiger partial charge in [-0.2, -0.15) is 0 Å². The van der Waals surface area contributed by atoms with Crippen LogP contribution in [0.25, 0.3) is 0 Å². The van der Waals surface area contributed by atoms with E-state index in [-0.39, 0.29) is 19.3 Å². The van der Waals surface area contributed by atoms with Gasteiger partial charge in [0.2, 0.25) is 0 Å². The zero-order chi connectivity index (χ0) is 15.2. The topological polar surface area (TPSA) is 69.9 Å². The van der Waals surface area contributed by atoms with E-state index in [0.29, 0.717) is 6.42 Å². The summed E-state index contributed by atoms with van der Waals surface area (Å²) in [6.45, 7) is 3.93. The van der Waals surface area contributed by atoms with Gasteiger partial charge in [0.1, 0.15) is 6.10 Å². The third-order valence-electron chi connectivity index (χ3n) is 3.65. The summed E-state index contributed by atoms with van der Waals surface area (Å²) in [5.41, 5.74) is 0. The highest BCUT2D eigenvalue weighted by molar-refractivity contribution is 4.69. The Morgan fingerprint density at radius 2 is 1.50 bits per heavy atom. The molecule has 0 amide bonds. The van der Waals surface area contributed by atoms with Crippen LogP contribution in [-0.2, 0) is 4.74 Å². The summed E-state index contributed by atoms with van der Waals surface area (Å²) in [4.78, 5) is 0. The van der Waals surface area contributed by atoms with Crippen LogP contribution in [0.4, 0.5) is 0 Å². The van der Waals surface area contributed by atoms with Crippen molar-refractivity contribution in [2.24, 2.45) is 0 Å². The van der Waals surface area contributed by atoms with E-state index in [0.717, 1.165) is 12.8 Å². The maximum Gasteiger partial charge on any atom is 0.100 e. The molecule has 0 saturated carbocycles. The third kappa shape index (κ3) is 10.6. The van der Waals surface area contributed by atoms with Crippen molar-refractivity contribution >= 4 is 0 Å². The molecular weight excluding hydrogens is 256 g/mol. The fraction of sp³-hybridized carbons (Fsp3) is 1.00. The van der Waals surface area contributed by atoms with Gasteiger partial charge < -0.3 is 20.1 Å². The lowest BCUT2D eigenvalue weighted by molar-refractivity contribution is -0.0792. The van der Waals surface area contributed by atoms with Crippen molar-refractivity contribution in [3.8, 4) is 0 Å². The summed E-state index contributed by atoms with van der Waals surface area (Å²) in [6, 6.07) is 0. The molecular formula is C16H34O4. The van der Waals surface area contributed by atoms with E-state index >= 15 is 0 Å². The maximum atomic E-state index is 9.91. The molecule has 3 N–H and O–H groups in total. The number of unbranched alkanes of at least 4 members (excludes halogenated alkanes) is 6. The Morgan fingerprint density at radius 1 is 0.900 bits per heavy atom. The SMILES string of the molecule is CCCCCCCCCC(OCC(O)CO)C(O)CC. The number of hydrogen-bond donors (Lipinski definition) is 3. The van der Waals surface area contributed by atoms with E-state index in [1.54, 1.807) is 0 Å². The zero-order valence-corrected chi connectivity index (χ0v) is 13.3. The molecule has 122 valence electrons. The monoisotopic (exact) mass is 290 g/mol. The lowest BCUT2D eigenvalue weighted by Gasteiger charge is -2.23. The second-order valence-corrected chi connectivity index (χ2v) is 5.59. The van der Waals surface area contributed by atoms with Gasteiger partial charge in [-0.1, -0.05) is 58.8 Å². The van der Waals surface area contributed by atoms with Crippen molar-refractivity contribution in [2.45, 2.75) is 89.9 Å². The van der Waals surface area contributed by atoms with Crippen LogP contribution in [0.1, 0.15) is 71.6 Å². The van der Waals surface area contributed by atoms with Crippen molar-refractivity contribution in [2.75, 3.05) is 13.2 Å². The summed E-state index contributed by atoms with van der Waals surface area (Å²) in [5, 5.41) is 28.0. The highest BCUT2D eigenvalue weighted by Crippen LogP contribution is 2.15. The fourth-order valence-electron chi connectivity index (χ4n) is 2.24. The van der Waals surface area contributed by atoms with Gasteiger partial charge in [-0.25, -0.2) is 0 Å². The molecule has 0 fully saturated rings. The predicted octanol–water partition coefficient (Wildman–Crippen LogP) is 2.64. The minimum Gasteiger partial charge on any atom is -0.394 e.